The van der Waals surface area contributed by atoms with E-state index in [0.717, 1.165) is 12.8 Å². The van der Waals surface area contributed by atoms with Crippen molar-refractivity contribution in [3.05, 3.63) is 29.8 Å². The van der Waals surface area contributed by atoms with Crippen molar-refractivity contribution in [2.24, 2.45) is 5.92 Å². The molecule has 1 rings (SSSR count). The van der Waals surface area contributed by atoms with Crippen molar-refractivity contribution >= 4 is 21.8 Å². The zero-order valence-corrected chi connectivity index (χ0v) is 13.4. The average molecular weight is 328 g/mol. The molecule has 0 bridgehead atoms. The van der Waals surface area contributed by atoms with E-state index < -0.39 is 0 Å². The first-order valence-corrected chi connectivity index (χ1v) is 7.60. The zero-order valence-electron chi connectivity index (χ0n) is 11.8. The average Bonchev–Trinajstić information content (AvgIpc) is 2.46. The van der Waals surface area contributed by atoms with Crippen LogP contribution >= 0.6 is 15.9 Å². The van der Waals surface area contributed by atoms with E-state index >= 15 is 0 Å². The molecule has 0 saturated heterocycles. The maximum atomic E-state index is 12.0. The predicted octanol–water partition coefficient (Wildman–Crippen LogP) is 3.62. The summed E-state index contributed by atoms with van der Waals surface area (Å²) in [5.41, 5.74) is 0.628. The highest BCUT2D eigenvalue weighted by atomic mass is 79.9. The second-order valence-corrected chi connectivity index (χ2v) is 5.71. The number of nitrogens with one attached hydrogen (secondary N) is 1. The van der Waals surface area contributed by atoms with Crippen molar-refractivity contribution in [3.8, 4) is 5.75 Å². The molecule has 0 aliphatic carbocycles. The molecule has 1 amide bonds. The number of hydrogen-bond donors (Lipinski definition) is 1. The molecule has 1 aromatic carbocycles. The fourth-order valence-corrected chi connectivity index (χ4v) is 2.93. The number of alkyl halides is 1. The van der Waals surface area contributed by atoms with Gasteiger partial charge in [0.1, 0.15) is 5.75 Å². The van der Waals surface area contributed by atoms with Gasteiger partial charge >= 0.3 is 0 Å². The standard InChI is InChI=1S/C15H22BrNO2/c1-4-11(5-2)14(16)10-17-15(18)12-7-6-8-13(9-12)19-3/h6-9,11,14H,4-5,10H2,1-3H3,(H,17,18). The van der Waals surface area contributed by atoms with Crippen LogP contribution in [0.4, 0.5) is 0 Å². The molecule has 0 aliphatic rings. The lowest BCUT2D eigenvalue weighted by atomic mass is 9.99. The minimum absolute atomic E-state index is 0.0608. The van der Waals surface area contributed by atoms with Gasteiger partial charge in [0.05, 0.1) is 7.11 Å². The van der Waals surface area contributed by atoms with Gasteiger partial charge in [0, 0.05) is 16.9 Å². The molecule has 19 heavy (non-hydrogen) atoms. The van der Waals surface area contributed by atoms with E-state index in [4.69, 9.17) is 4.74 Å². The van der Waals surface area contributed by atoms with E-state index in [0.29, 0.717) is 28.6 Å². The van der Waals surface area contributed by atoms with E-state index in [1.807, 2.05) is 12.1 Å². The summed E-state index contributed by atoms with van der Waals surface area (Å²) in [7, 11) is 1.60. The molecule has 0 spiro atoms. The van der Waals surface area contributed by atoms with Crippen molar-refractivity contribution < 1.29 is 9.53 Å². The van der Waals surface area contributed by atoms with Crippen molar-refractivity contribution in [3.63, 3.8) is 0 Å². The Hall–Kier alpha value is -1.03. The van der Waals surface area contributed by atoms with E-state index in [1.165, 1.54) is 0 Å². The largest absolute Gasteiger partial charge is 0.497 e. The number of hydrogen-bond acceptors (Lipinski definition) is 2. The smallest absolute Gasteiger partial charge is 0.251 e. The van der Waals surface area contributed by atoms with Crippen molar-refractivity contribution in [1.29, 1.82) is 0 Å². The lowest BCUT2D eigenvalue weighted by Gasteiger charge is -2.19. The summed E-state index contributed by atoms with van der Waals surface area (Å²) in [6, 6.07) is 7.18. The van der Waals surface area contributed by atoms with Gasteiger partial charge in [0.2, 0.25) is 0 Å². The number of halogens is 1. The van der Waals surface area contributed by atoms with Gasteiger partial charge in [-0.2, -0.15) is 0 Å². The molecule has 3 nitrogen and oxygen atoms in total. The van der Waals surface area contributed by atoms with Gasteiger partial charge in [-0.25, -0.2) is 0 Å². The summed E-state index contributed by atoms with van der Waals surface area (Å²) >= 11 is 3.65. The summed E-state index contributed by atoms with van der Waals surface area (Å²) in [4.78, 5) is 12.3. The van der Waals surface area contributed by atoms with Crippen LogP contribution in [0, 0.1) is 5.92 Å². The highest BCUT2D eigenvalue weighted by Gasteiger charge is 2.16. The number of ether oxygens (including phenoxy) is 1. The van der Waals surface area contributed by atoms with Gasteiger partial charge in [-0.15, -0.1) is 0 Å². The molecular weight excluding hydrogens is 306 g/mol. The normalized spacial score (nSPS) is 12.3. The van der Waals surface area contributed by atoms with Crippen molar-refractivity contribution in [1.82, 2.24) is 5.32 Å². The van der Waals surface area contributed by atoms with Gasteiger partial charge in [-0.3, -0.25) is 4.79 Å². The molecule has 0 heterocycles. The third kappa shape index (κ3) is 4.86. The molecule has 1 atom stereocenters. The van der Waals surface area contributed by atoms with Crippen LogP contribution in [0.5, 0.6) is 5.75 Å². The summed E-state index contributed by atoms with van der Waals surface area (Å²) in [6.45, 7) is 4.99. The van der Waals surface area contributed by atoms with E-state index in [9.17, 15) is 4.79 Å². The van der Waals surface area contributed by atoms with E-state index in [1.54, 1.807) is 19.2 Å². The maximum Gasteiger partial charge on any atom is 0.251 e. The number of amides is 1. The van der Waals surface area contributed by atoms with Crippen molar-refractivity contribution in [2.45, 2.75) is 31.5 Å². The highest BCUT2D eigenvalue weighted by Crippen LogP contribution is 2.19. The molecular formula is C15H22BrNO2. The van der Waals surface area contributed by atoms with Gasteiger partial charge < -0.3 is 10.1 Å². The van der Waals surface area contributed by atoms with Gasteiger partial charge in [-0.1, -0.05) is 48.7 Å². The molecule has 0 fully saturated rings. The van der Waals surface area contributed by atoms with E-state index in [-0.39, 0.29) is 5.91 Å². The zero-order chi connectivity index (χ0) is 14.3. The van der Waals surface area contributed by atoms with Crippen LogP contribution in [0.1, 0.15) is 37.0 Å². The Morgan fingerprint density at radius 2 is 2.05 bits per heavy atom. The molecule has 0 saturated carbocycles. The monoisotopic (exact) mass is 327 g/mol. The minimum atomic E-state index is -0.0608. The molecule has 0 aliphatic heterocycles. The first-order valence-electron chi connectivity index (χ1n) is 6.68. The Balaban J connectivity index is 2.55. The summed E-state index contributed by atoms with van der Waals surface area (Å²) in [6.07, 6.45) is 2.23. The second-order valence-electron chi connectivity index (χ2n) is 4.53. The number of benzene rings is 1. The van der Waals surface area contributed by atoms with Gasteiger partial charge in [-0.05, 0) is 24.1 Å². The number of methoxy groups -OCH3 is 1. The number of carbonyl (C=O) groups excluding carboxylic acids is 1. The lowest BCUT2D eigenvalue weighted by molar-refractivity contribution is 0.0951. The third-order valence-corrected chi connectivity index (χ3v) is 4.42. The van der Waals surface area contributed by atoms with Gasteiger partial charge in [0.15, 0.2) is 0 Å². The van der Waals surface area contributed by atoms with Crippen LogP contribution in [0.25, 0.3) is 0 Å². The molecule has 1 N–H and O–H groups in total. The number of carbonyl (C=O) groups is 1. The quantitative estimate of drug-likeness (QED) is 0.776. The van der Waals surface area contributed by atoms with E-state index in [2.05, 4.69) is 35.1 Å². The first-order chi connectivity index (χ1) is 9.12. The fourth-order valence-electron chi connectivity index (χ4n) is 2.02. The molecule has 1 unspecified atom stereocenters. The topological polar surface area (TPSA) is 38.3 Å². The fraction of sp³-hybridized carbons (Fsp3) is 0.533. The molecule has 0 aromatic heterocycles. The highest BCUT2D eigenvalue weighted by molar-refractivity contribution is 9.09. The van der Waals surface area contributed by atoms with Crippen LogP contribution in [0.15, 0.2) is 24.3 Å². The number of rotatable bonds is 7. The van der Waals surface area contributed by atoms with Crippen LogP contribution < -0.4 is 10.1 Å². The summed E-state index contributed by atoms with van der Waals surface area (Å²) in [5.74, 6) is 1.22. The van der Waals surface area contributed by atoms with Crippen LogP contribution in [-0.4, -0.2) is 24.4 Å². The Kier molecular flexibility index (Phi) is 6.92. The van der Waals surface area contributed by atoms with Crippen molar-refractivity contribution in [2.75, 3.05) is 13.7 Å². The SMILES string of the molecule is CCC(CC)C(Br)CNC(=O)c1cccc(OC)c1. The van der Waals surface area contributed by atoms with Crippen LogP contribution in [0.2, 0.25) is 0 Å². The first kappa shape index (κ1) is 16.0. The van der Waals surface area contributed by atoms with Crippen LogP contribution in [0.3, 0.4) is 0 Å². The molecule has 106 valence electrons. The Labute approximate surface area is 123 Å². The Morgan fingerprint density at radius 3 is 2.63 bits per heavy atom. The Morgan fingerprint density at radius 1 is 1.37 bits per heavy atom. The third-order valence-electron chi connectivity index (χ3n) is 3.35. The minimum Gasteiger partial charge on any atom is -0.497 e. The molecule has 0 radical (unpaired) electrons. The molecule has 1 aromatic rings. The summed E-state index contributed by atoms with van der Waals surface area (Å²) < 4.78 is 5.11. The lowest BCUT2D eigenvalue weighted by Crippen LogP contribution is -2.32. The predicted molar refractivity (Wildman–Crippen MR) is 82.1 cm³/mol. The van der Waals surface area contributed by atoms with Crippen LogP contribution in [-0.2, 0) is 0 Å². The molecule has 4 heteroatoms. The second kappa shape index (κ2) is 8.20. The Bertz CT molecular complexity index is 405. The summed E-state index contributed by atoms with van der Waals surface area (Å²) in [5, 5.41) is 2.96. The maximum absolute atomic E-state index is 12.0. The van der Waals surface area contributed by atoms with Gasteiger partial charge in [0.25, 0.3) is 5.91 Å².